The van der Waals surface area contributed by atoms with Gasteiger partial charge < -0.3 is 9.84 Å². The van der Waals surface area contributed by atoms with Crippen LogP contribution in [0, 0.1) is 0 Å². The van der Waals surface area contributed by atoms with Crippen LogP contribution in [0.5, 0.6) is 0 Å². The maximum Gasteiger partial charge on any atom is 0.231 e. The smallest absolute Gasteiger partial charge is 0.231 e. The molecule has 0 saturated heterocycles. The van der Waals surface area contributed by atoms with E-state index in [1.54, 1.807) is 0 Å². The van der Waals surface area contributed by atoms with E-state index in [0.29, 0.717) is 12.0 Å². The lowest BCUT2D eigenvalue weighted by Crippen LogP contribution is -2.37. The molecule has 0 spiro atoms. The third kappa shape index (κ3) is 4.21. The maximum absolute atomic E-state index is 5.50. The van der Waals surface area contributed by atoms with Gasteiger partial charge in [-0.1, -0.05) is 31.8 Å². The zero-order chi connectivity index (χ0) is 13.5. The molecule has 0 aliphatic heterocycles. The van der Waals surface area contributed by atoms with Crippen molar-refractivity contribution in [3.63, 3.8) is 0 Å². The molecule has 2 atom stereocenters. The van der Waals surface area contributed by atoms with Gasteiger partial charge >= 0.3 is 0 Å². The highest BCUT2D eigenvalue weighted by Crippen LogP contribution is 2.32. The normalized spacial score (nSPS) is 23.7. The number of aromatic nitrogens is 2. The first-order valence-corrected chi connectivity index (χ1v) is 8.64. The molecule has 0 bridgehead atoms. The molecule has 0 amide bonds. The zero-order valence-electron chi connectivity index (χ0n) is 12.0. The molecule has 108 valence electrons. The van der Waals surface area contributed by atoms with E-state index in [0.717, 1.165) is 29.8 Å². The lowest BCUT2D eigenvalue weighted by Gasteiger charge is -2.29. The van der Waals surface area contributed by atoms with Crippen molar-refractivity contribution in [2.24, 2.45) is 0 Å². The molecule has 2 unspecified atom stereocenters. The first-order chi connectivity index (χ1) is 9.35. The quantitative estimate of drug-likeness (QED) is 0.831. The van der Waals surface area contributed by atoms with Gasteiger partial charge in [-0.15, -0.1) is 0 Å². The summed E-state index contributed by atoms with van der Waals surface area (Å²) in [7, 11) is 0. The largest absolute Gasteiger partial charge is 0.339 e. The molecule has 1 heterocycles. The Bertz CT molecular complexity index is 369. The van der Waals surface area contributed by atoms with Gasteiger partial charge in [-0.05, 0) is 31.6 Å². The molecule has 0 radical (unpaired) electrons. The van der Waals surface area contributed by atoms with Gasteiger partial charge in [0, 0.05) is 6.04 Å². The summed E-state index contributed by atoms with van der Waals surface area (Å²) in [5, 5.41) is 7.75. The first-order valence-electron chi connectivity index (χ1n) is 7.48. The van der Waals surface area contributed by atoms with Crippen molar-refractivity contribution in [3.8, 4) is 0 Å². The fourth-order valence-corrected chi connectivity index (χ4v) is 3.17. The van der Waals surface area contributed by atoms with E-state index >= 15 is 0 Å². The van der Waals surface area contributed by atoms with Crippen LogP contribution >= 0.6 is 11.8 Å². The molecule has 1 aromatic heterocycles. The number of nitrogens with zero attached hydrogens (tertiary/aromatic N) is 2. The molecule has 1 fully saturated rings. The molecule has 2 rings (SSSR count). The average Bonchev–Trinajstić information content (AvgIpc) is 2.92. The van der Waals surface area contributed by atoms with Crippen LogP contribution in [0.25, 0.3) is 0 Å². The Morgan fingerprint density at radius 3 is 2.95 bits per heavy atom. The van der Waals surface area contributed by atoms with Crippen LogP contribution in [0.4, 0.5) is 0 Å². The molecular formula is C14H25N3OS. The molecule has 1 aromatic rings. The number of hydrogen-bond donors (Lipinski definition) is 1. The highest BCUT2D eigenvalue weighted by atomic mass is 32.2. The van der Waals surface area contributed by atoms with Gasteiger partial charge in [0.2, 0.25) is 5.89 Å². The molecular weight excluding hydrogens is 258 g/mol. The van der Waals surface area contributed by atoms with Crippen LogP contribution < -0.4 is 5.32 Å². The maximum atomic E-state index is 5.50. The molecule has 1 saturated carbocycles. The van der Waals surface area contributed by atoms with Crippen molar-refractivity contribution < 1.29 is 4.52 Å². The van der Waals surface area contributed by atoms with E-state index in [9.17, 15) is 0 Å². The summed E-state index contributed by atoms with van der Waals surface area (Å²) < 4.78 is 5.50. The summed E-state index contributed by atoms with van der Waals surface area (Å²) in [5.74, 6) is 4.06. The van der Waals surface area contributed by atoms with Crippen LogP contribution in [0.15, 0.2) is 4.52 Å². The van der Waals surface area contributed by atoms with E-state index in [1.165, 1.54) is 32.1 Å². The molecule has 19 heavy (non-hydrogen) atoms. The summed E-state index contributed by atoms with van der Waals surface area (Å²) in [6.45, 7) is 5.43. The predicted molar refractivity (Wildman–Crippen MR) is 79.4 cm³/mol. The van der Waals surface area contributed by atoms with Crippen molar-refractivity contribution in [3.05, 3.63) is 11.7 Å². The topological polar surface area (TPSA) is 51.0 Å². The van der Waals surface area contributed by atoms with Crippen LogP contribution in [0.1, 0.15) is 63.6 Å². The van der Waals surface area contributed by atoms with Crippen LogP contribution in [0.2, 0.25) is 0 Å². The van der Waals surface area contributed by atoms with E-state index < -0.39 is 0 Å². The Morgan fingerprint density at radius 1 is 1.32 bits per heavy atom. The Morgan fingerprint density at radius 2 is 2.16 bits per heavy atom. The van der Waals surface area contributed by atoms with Crippen LogP contribution in [-0.2, 0) is 5.75 Å². The second kappa shape index (κ2) is 7.90. The van der Waals surface area contributed by atoms with Gasteiger partial charge in [-0.2, -0.15) is 16.7 Å². The summed E-state index contributed by atoms with van der Waals surface area (Å²) in [5.41, 5.74) is 0. The summed E-state index contributed by atoms with van der Waals surface area (Å²) >= 11 is 1.84. The summed E-state index contributed by atoms with van der Waals surface area (Å²) in [6.07, 6.45) is 6.16. The van der Waals surface area contributed by atoms with Gasteiger partial charge in [0.15, 0.2) is 5.82 Å². The van der Waals surface area contributed by atoms with Crippen molar-refractivity contribution in [1.82, 2.24) is 15.5 Å². The lowest BCUT2D eigenvalue weighted by atomic mass is 9.84. The van der Waals surface area contributed by atoms with Gasteiger partial charge in [-0.3, -0.25) is 0 Å². The number of hydrogen-bond acceptors (Lipinski definition) is 5. The van der Waals surface area contributed by atoms with Crippen LogP contribution in [0.3, 0.4) is 0 Å². The Hall–Kier alpha value is -0.550. The molecule has 0 aromatic carbocycles. The van der Waals surface area contributed by atoms with Crippen molar-refractivity contribution in [2.45, 2.75) is 63.7 Å². The standard InChI is InChI=1S/C14H25N3OS/c1-3-9-15-12-8-6-5-7-11(12)14-16-13(17-18-14)10-19-4-2/h11-12,15H,3-10H2,1-2H3. The molecule has 5 heteroatoms. The van der Waals surface area contributed by atoms with Crippen LogP contribution in [-0.4, -0.2) is 28.5 Å². The number of nitrogens with one attached hydrogen (secondary N) is 1. The second-order valence-corrected chi connectivity index (χ2v) is 6.41. The molecule has 1 N–H and O–H groups in total. The molecule has 4 nitrogen and oxygen atoms in total. The zero-order valence-corrected chi connectivity index (χ0v) is 12.8. The van der Waals surface area contributed by atoms with Gasteiger partial charge in [0.25, 0.3) is 0 Å². The van der Waals surface area contributed by atoms with E-state index in [4.69, 9.17) is 4.52 Å². The van der Waals surface area contributed by atoms with E-state index in [-0.39, 0.29) is 0 Å². The monoisotopic (exact) mass is 283 g/mol. The van der Waals surface area contributed by atoms with E-state index in [2.05, 4.69) is 29.3 Å². The van der Waals surface area contributed by atoms with Gasteiger partial charge in [0.1, 0.15) is 0 Å². The minimum absolute atomic E-state index is 0.410. The van der Waals surface area contributed by atoms with Crippen molar-refractivity contribution in [1.29, 1.82) is 0 Å². The lowest BCUT2D eigenvalue weighted by molar-refractivity contribution is 0.262. The number of rotatable bonds is 7. The average molecular weight is 283 g/mol. The Labute approximate surface area is 120 Å². The van der Waals surface area contributed by atoms with Gasteiger partial charge in [0.05, 0.1) is 11.7 Å². The summed E-state index contributed by atoms with van der Waals surface area (Å²) in [4.78, 5) is 4.59. The fraction of sp³-hybridized carbons (Fsp3) is 0.857. The molecule has 1 aliphatic carbocycles. The highest BCUT2D eigenvalue weighted by Gasteiger charge is 2.30. The summed E-state index contributed by atoms with van der Waals surface area (Å²) in [6, 6.07) is 0.515. The third-order valence-electron chi connectivity index (χ3n) is 3.66. The molecule has 1 aliphatic rings. The SMILES string of the molecule is CCCNC1CCCCC1c1nc(CSCC)no1. The van der Waals surface area contributed by atoms with Crippen molar-refractivity contribution >= 4 is 11.8 Å². The predicted octanol–water partition coefficient (Wildman–Crippen LogP) is 3.35. The van der Waals surface area contributed by atoms with Crippen molar-refractivity contribution in [2.75, 3.05) is 12.3 Å². The van der Waals surface area contributed by atoms with Gasteiger partial charge in [-0.25, -0.2) is 0 Å². The third-order valence-corrected chi connectivity index (χ3v) is 4.53. The Kier molecular flexibility index (Phi) is 6.17. The highest BCUT2D eigenvalue weighted by molar-refractivity contribution is 7.98. The minimum Gasteiger partial charge on any atom is -0.339 e. The fourth-order valence-electron chi connectivity index (χ4n) is 2.67. The Balaban J connectivity index is 1.98. The first kappa shape index (κ1) is 14.9. The second-order valence-electron chi connectivity index (χ2n) is 5.14. The minimum atomic E-state index is 0.410. The number of thioether (sulfide) groups is 1. The van der Waals surface area contributed by atoms with E-state index in [1.807, 2.05) is 11.8 Å².